The van der Waals surface area contributed by atoms with Gasteiger partial charge in [0.2, 0.25) is 0 Å². The molecule has 3 heteroatoms. The van der Waals surface area contributed by atoms with Gasteiger partial charge in [-0.25, -0.2) is 0 Å². The van der Waals surface area contributed by atoms with Crippen molar-refractivity contribution in [1.82, 2.24) is 5.32 Å². The Bertz CT molecular complexity index is 470. The first-order valence-electron chi connectivity index (χ1n) is 6.85. The third kappa shape index (κ3) is 2.26. The molecule has 1 aromatic carbocycles. The number of fused-ring (bicyclic) bond motifs is 1. The van der Waals surface area contributed by atoms with Gasteiger partial charge in [0.1, 0.15) is 0 Å². The van der Waals surface area contributed by atoms with E-state index in [2.05, 4.69) is 45.1 Å². The van der Waals surface area contributed by atoms with Crippen LogP contribution < -0.4 is 5.32 Å². The first kappa shape index (κ1) is 13.8. The van der Waals surface area contributed by atoms with Crippen LogP contribution in [0.4, 0.5) is 0 Å². The Morgan fingerprint density at radius 2 is 2.00 bits per heavy atom. The Morgan fingerprint density at radius 3 is 2.61 bits per heavy atom. The van der Waals surface area contributed by atoms with Crippen LogP contribution in [-0.2, 0) is 10.8 Å². The van der Waals surface area contributed by atoms with Gasteiger partial charge in [0.15, 0.2) is 0 Å². The van der Waals surface area contributed by atoms with Gasteiger partial charge in [-0.05, 0) is 37.9 Å². The second-order valence-corrected chi connectivity index (χ2v) is 6.77. The van der Waals surface area contributed by atoms with Crippen LogP contribution in [0.15, 0.2) is 17.0 Å². The van der Waals surface area contributed by atoms with Crippen LogP contribution >= 0.6 is 0 Å². The van der Waals surface area contributed by atoms with Crippen LogP contribution in [0.2, 0.25) is 0 Å². The Balaban J connectivity index is 2.49. The summed E-state index contributed by atoms with van der Waals surface area (Å²) in [7, 11) is -0.849. The van der Waals surface area contributed by atoms with Crippen LogP contribution in [0.3, 0.4) is 0 Å². The fourth-order valence-corrected chi connectivity index (χ4v) is 5.02. The Kier molecular flexibility index (Phi) is 4.23. The van der Waals surface area contributed by atoms with Crippen molar-refractivity contribution in [1.29, 1.82) is 0 Å². The molecule has 2 nitrogen and oxygen atoms in total. The minimum Gasteiger partial charge on any atom is -0.309 e. The molecule has 1 N–H and O–H groups in total. The van der Waals surface area contributed by atoms with Crippen molar-refractivity contribution in [2.45, 2.75) is 56.7 Å². The van der Waals surface area contributed by atoms with Gasteiger partial charge >= 0.3 is 0 Å². The molecule has 3 unspecified atom stereocenters. The average Bonchev–Trinajstić information content (AvgIpc) is 2.55. The van der Waals surface area contributed by atoms with Gasteiger partial charge in [0.05, 0.1) is 16.0 Å². The lowest BCUT2D eigenvalue weighted by Crippen LogP contribution is -2.29. The average molecular weight is 265 g/mol. The van der Waals surface area contributed by atoms with Crippen molar-refractivity contribution in [2.75, 3.05) is 6.54 Å². The van der Waals surface area contributed by atoms with Gasteiger partial charge in [-0.1, -0.05) is 38.0 Å². The molecule has 1 aromatic rings. The van der Waals surface area contributed by atoms with Gasteiger partial charge < -0.3 is 5.32 Å². The zero-order valence-electron chi connectivity index (χ0n) is 11.7. The van der Waals surface area contributed by atoms with Crippen molar-refractivity contribution in [3.63, 3.8) is 0 Å². The molecule has 18 heavy (non-hydrogen) atoms. The molecule has 0 aromatic heterocycles. The molecule has 0 spiro atoms. The summed E-state index contributed by atoms with van der Waals surface area (Å²) in [6.45, 7) is 9.41. The van der Waals surface area contributed by atoms with E-state index in [-0.39, 0.29) is 11.3 Å². The Labute approximate surface area is 113 Å². The standard InChI is InChI=1S/C15H23NOS/c1-5-7-13-14(16-6-2)12-9-10(3)8-11(4)15(12)18(13)17/h8-9,13-14,16H,5-7H2,1-4H3. The Hall–Kier alpha value is -0.670. The first-order valence-corrected chi connectivity index (χ1v) is 8.06. The minimum atomic E-state index is -0.849. The molecule has 2 rings (SSSR count). The lowest BCUT2D eigenvalue weighted by Gasteiger charge is -2.19. The summed E-state index contributed by atoms with van der Waals surface area (Å²) >= 11 is 0. The van der Waals surface area contributed by atoms with Gasteiger partial charge in [0.25, 0.3) is 0 Å². The van der Waals surface area contributed by atoms with Crippen LogP contribution in [-0.4, -0.2) is 16.0 Å². The summed E-state index contributed by atoms with van der Waals surface area (Å²) < 4.78 is 12.7. The third-order valence-corrected chi connectivity index (χ3v) is 5.65. The van der Waals surface area contributed by atoms with E-state index in [0.717, 1.165) is 24.3 Å². The van der Waals surface area contributed by atoms with Gasteiger partial charge in [-0.2, -0.15) is 0 Å². The molecular weight excluding hydrogens is 242 g/mol. The highest BCUT2D eigenvalue weighted by Gasteiger charge is 2.38. The van der Waals surface area contributed by atoms with E-state index in [1.807, 2.05) is 0 Å². The largest absolute Gasteiger partial charge is 0.309 e. The zero-order chi connectivity index (χ0) is 13.3. The first-order chi connectivity index (χ1) is 8.60. The van der Waals surface area contributed by atoms with Crippen molar-refractivity contribution in [3.8, 4) is 0 Å². The Morgan fingerprint density at radius 1 is 1.28 bits per heavy atom. The van der Waals surface area contributed by atoms with Crippen LogP contribution in [0.5, 0.6) is 0 Å². The number of hydrogen-bond donors (Lipinski definition) is 1. The normalized spacial score (nSPS) is 26.3. The monoisotopic (exact) mass is 265 g/mol. The van der Waals surface area contributed by atoms with Crippen LogP contribution in [0.1, 0.15) is 49.4 Å². The van der Waals surface area contributed by atoms with Gasteiger partial charge in [-0.3, -0.25) is 4.21 Å². The number of benzene rings is 1. The highest BCUT2D eigenvalue weighted by Crippen LogP contribution is 2.40. The van der Waals surface area contributed by atoms with Crippen LogP contribution in [0.25, 0.3) is 0 Å². The second-order valence-electron chi connectivity index (χ2n) is 5.16. The maximum Gasteiger partial charge on any atom is 0.0590 e. The molecule has 0 aliphatic carbocycles. The summed E-state index contributed by atoms with van der Waals surface area (Å²) in [5.74, 6) is 0. The summed E-state index contributed by atoms with van der Waals surface area (Å²) in [6, 6.07) is 4.63. The molecule has 0 saturated heterocycles. The molecular formula is C15H23NOS. The maximum absolute atomic E-state index is 12.7. The quantitative estimate of drug-likeness (QED) is 0.905. The third-order valence-electron chi connectivity index (χ3n) is 3.63. The van der Waals surface area contributed by atoms with E-state index in [0.29, 0.717) is 0 Å². The molecule has 0 fully saturated rings. The van der Waals surface area contributed by atoms with E-state index < -0.39 is 10.8 Å². The molecule has 0 bridgehead atoms. The summed E-state index contributed by atoms with van der Waals surface area (Å²) in [5.41, 5.74) is 3.72. The number of hydrogen-bond acceptors (Lipinski definition) is 2. The van der Waals surface area contributed by atoms with E-state index in [1.165, 1.54) is 16.7 Å². The summed E-state index contributed by atoms with van der Waals surface area (Å²) in [6.07, 6.45) is 2.11. The highest BCUT2D eigenvalue weighted by molar-refractivity contribution is 7.86. The topological polar surface area (TPSA) is 29.1 Å². The minimum absolute atomic E-state index is 0.241. The van der Waals surface area contributed by atoms with Crippen molar-refractivity contribution in [2.24, 2.45) is 0 Å². The molecule has 0 amide bonds. The van der Waals surface area contributed by atoms with E-state index in [9.17, 15) is 4.21 Å². The number of nitrogens with one attached hydrogen (secondary N) is 1. The fraction of sp³-hybridized carbons (Fsp3) is 0.600. The SMILES string of the molecule is CCCC1C(NCC)c2cc(C)cc(C)c2S1=O. The predicted molar refractivity (Wildman–Crippen MR) is 77.4 cm³/mol. The van der Waals surface area contributed by atoms with Crippen molar-refractivity contribution < 1.29 is 4.21 Å². The second kappa shape index (κ2) is 5.54. The molecule has 100 valence electrons. The number of rotatable bonds is 4. The molecule has 1 aliphatic rings. The van der Waals surface area contributed by atoms with Crippen molar-refractivity contribution in [3.05, 3.63) is 28.8 Å². The fourth-order valence-electron chi connectivity index (χ4n) is 2.99. The molecule has 1 aliphatic heterocycles. The highest BCUT2D eigenvalue weighted by atomic mass is 32.2. The maximum atomic E-state index is 12.7. The van der Waals surface area contributed by atoms with Crippen molar-refractivity contribution >= 4 is 10.8 Å². The summed E-state index contributed by atoms with van der Waals surface area (Å²) in [5, 5.41) is 3.77. The van der Waals surface area contributed by atoms with E-state index >= 15 is 0 Å². The molecule has 1 heterocycles. The smallest absolute Gasteiger partial charge is 0.0590 e. The van der Waals surface area contributed by atoms with Crippen LogP contribution in [0, 0.1) is 13.8 Å². The summed E-state index contributed by atoms with van der Waals surface area (Å²) in [4.78, 5) is 1.09. The molecule has 0 saturated carbocycles. The molecule has 0 radical (unpaired) electrons. The zero-order valence-corrected chi connectivity index (χ0v) is 12.6. The van der Waals surface area contributed by atoms with E-state index in [1.54, 1.807) is 0 Å². The van der Waals surface area contributed by atoms with Gasteiger partial charge in [-0.15, -0.1) is 0 Å². The lowest BCUT2D eigenvalue weighted by molar-refractivity contribution is 0.506. The van der Waals surface area contributed by atoms with Gasteiger partial charge in [0, 0.05) is 10.9 Å². The number of aryl methyl sites for hydroxylation is 2. The molecule has 3 atom stereocenters. The van der Waals surface area contributed by atoms with E-state index in [4.69, 9.17) is 0 Å². The predicted octanol–water partition coefficient (Wildman–Crippen LogP) is 3.24. The lowest BCUT2D eigenvalue weighted by atomic mass is 9.97.